The molecule has 0 saturated heterocycles. The number of hydrogen-bond donors (Lipinski definition) is 2. The van der Waals surface area contributed by atoms with Gasteiger partial charge in [-0.2, -0.15) is 0 Å². The molecule has 0 radical (unpaired) electrons. The molecule has 1 heterocycles. The first-order chi connectivity index (χ1) is 9.28. The number of methoxy groups -OCH3 is 1. The lowest BCUT2D eigenvalue weighted by Crippen LogP contribution is -2.18. The molecule has 0 bridgehead atoms. The van der Waals surface area contributed by atoms with Gasteiger partial charge in [0, 0.05) is 25.1 Å². The zero-order valence-electron chi connectivity index (χ0n) is 11.1. The van der Waals surface area contributed by atoms with E-state index in [1.54, 1.807) is 18.9 Å². The van der Waals surface area contributed by atoms with E-state index in [4.69, 9.17) is 4.74 Å². The topological polar surface area (TPSA) is 62.8 Å². The highest BCUT2D eigenvalue weighted by atomic mass is 32.2. The largest absolute Gasteiger partial charge is 0.383 e. The second-order valence-electron chi connectivity index (χ2n) is 4.12. The van der Waals surface area contributed by atoms with Gasteiger partial charge >= 0.3 is 0 Å². The molecule has 0 aliphatic carbocycles. The van der Waals surface area contributed by atoms with Crippen LogP contribution in [0.1, 0.15) is 11.4 Å². The molecule has 6 heteroatoms. The molecule has 0 aliphatic heterocycles. The fourth-order valence-corrected chi connectivity index (χ4v) is 2.31. The van der Waals surface area contributed by atoms with E-state index in [-0.39, 0.29) is 0 Å². The van der Waals surface area contributed by atoms with Crippen LogP contribution in [-0.4, -0.2) is 35.4 Å². The number of rotatable bonds is 7. The van der Waals surface area contributed by atoms with Crippen molar-refractivity contribution in [2.45, 2.75) is 23.5 Å². The summed E-state index contributed by atoms with van der Waals surface area (Å²) in [6.45, 7) is 4.35. The molecular formula is C13H18N4OS. The van der Waals surface area contributed by atoms with Crippen LogP contribution in [0, 0.1) is 6.92 Å². The minimum atomic E-state index is 0.734. The lowest BCUT2D eigenvalue weighted by atomic mass is 10.2. The van der Waals surface area contributed by atoms with Crippen LogP contribution >= 0.6 is 11.8 Å². The fraction of sp³-hybridized carbons (Fsp3) is 0.385. The Labute approximate surface area is 117 Å². The van der Waals surface area contributed by atoms with Crippen molar-refractivity contribution in [2.24, 2.45) is 0 Å². The van der Waals surface area contributed by atoms with Gasteiger partial charge in [-0.1, -0.05) is 12.1 Å². The van der Waals surface area contributed by atoms with Gasteiger partial charge < -0.3 is 10.1 Å². The fourth-order valence-electron chi connectivity index (χ4n) is 1.56. The molecule has 19 heavy (non-hydrogen) atoms. The minimum absolute atomic E-state index is 0.734. The van der Waals surface area contributed by atoms with Gasteiger partial charge in [-0.25, -0.2) is 4.98 Å². The number of hydrogen-bond acceptors (Lipinski definition) is 5. The van der Waals surface area contributed by atoms with Crippen molar-refractivity contribution in [1.29, 1.82) is 0 Å². The van der Waals surface area contributed by atoms with Gasteiger partial charge in [-0.05, 0) is 36.4 Å². The van der Waals surface area contributed by atoms with Gasteiger partial charge in [0.15, 0.2) is 0 Å². The highest BCUT2D eigenvalue weighted by molar-refractivity contribution is 7.99. The van der Waals surface area contributed by atoms with Crippen molar-refractivity contribution >= 4 is 11.8 Å². The molecular weight excluding hydrogens is 260 g/mol. The normalized spacial score (nSPS) is 10.8. The highest BCUT2D eigenvalue weighted by Gasteiger charge is 2.02. The summed E-state index contributed by atoms with van der Waals surface area (Å²) in [6, 6.07) is 8.40. The van der Waals surface area contributed by atoms with Crippen LogP contribution < -0.4 is 5.32 Å². The van der Waals surface area contributed by atoms with E-state index in [9.17, 15) is 0 Å². The summed E-state index contributed by atoms with van der Waals surface area (Å²) in [5, 5.41) is 11.0. The summed E-state index contributed by atoms with van der Waals surface area (Å²) in [5.41, 5.74) is 1.26. The van der Waals surface area contributed by atoms with Crippen LogP contribution in [0.25, 0.3) is 0 Å². The summed E-state index contributed by atoms with van der Waals surface area (Å²) in [5.74, 6) is 0.835. The Morgan fingerprint density at radius 1 is 1.32 bits per heavy atom. The third-order valence-corrected chi connectivity index (χ3v) is 3.39. The van der Waals surface area contributed by atoms with Gasteiger partial charge in [-0.15, -0.1) is 5.10 Å². The summed E-state index contributed by atoms with van der Waals surface area (Å²) >= 11 is 1.56. The van der Waals surface area contributed by atoms with E-state index in [1.807, 2.05) is 6.92 Å². The summed E-state index contributed by atoms with van der Waals surface area (Å²) < 4.78 is 4.98. The number of ether oxygens (including phenoxy) is 1. The second kappa shape index (κ2) is 7.28. The van der Waals surface area contributed by atoms with Crippen LogP contribution in [0.3, 0.4) is 0 Å². The van der Waals surface area contributed by atoms with Crippen LogP contribution in [0.4, 0.5) is 0 Å². The number of aromatic nitrogens is 3. The Morgan fingerprint density at radius 3 is 2.74 bits per heavy atom. The van der Waals surface area contributed by atoms with Crippen LogP contribution in [-0.2, 0) is 11.3 Å². The number of aromatic amines is 1. The number of nitrogens with one attached hydrogen (secondary N) is 2. The smallest absolute Gasteiger partial charge is 0.213 e. The highest BCUT2D eigenvalue weighted by Crippen LogP contribution is 2.24. The Kier molecular flexibility index (Phi) is 5.38. The quantitative estimate of drug-likeness (QED) is 0.759. The molecule has 0 spiro atoms. The monoisotopic (exact) mass is 278 g/mol. The number of benzene rings is 1. The first kappa shape index (κ1) is 14.0. The zero-order valence-corrected chi connectivity index (χ0v) is 12.0. The number of aryl methyl sites for hydroxylation is 1. The first-order valence-electron chi connectivity index (χ1n) is 6.13. The average molecular weight is 278 g/mol. The van der Waals surface area contributed by atoms with E-state index in [1.165, 1.54) is 5.56 Å². The van der Waals surface area contributed by atoms with Gasteiger partial charge in [0.25, 0.3) is 0 Å². The van der Waals surface area contributed by atoms with E-state index >= 15 is 0 Å². The van der Waals surface area contributed by atoms with Crippen molar-refractivity contribution in [2.75, 3.05) is 20.3 Å². The number of nitrogens with zero attached hydrogens (tertiary/aromatic N) is 2. The summed E-state index contributed by atoms with van der Waals surface area (Å²) in [4.78, 5) is 5.41. The molecule has 0 atom stereocenters. The van der Waals surface area contributed by atoms with Crippen molar-refractivity contribution in [1.82, 2.24) is 20.5 Å². The third kappa shape index (κ3) is 4.66. The van der Waals surface area contributed by atoms with Crippen molar-refractivity contribution < 1.29 is 4.74 Å². The molecule has 102 valence electrons. The standard InChI is InChI=1S/C13H18N4OS/c1-10-15-13(17-16-10)19-12-5-3-11(4-6-12)9-14-7-8-18-2/h3-6,14H,7-9H2,1-2H3,(H,15,16,17). The van der Waals surface area contributed by atoms with E-state index < -0.39 is 0 Å². The molecule has 2 rings (SSSR count). The Balaban J connectivity index is 1.84. The van der Waals surface area contributed by atoms with Crippen molar-refractivity contribution in [3.63, 3.8) is 0 Å². The summed E-state index contributed by atoms with van der Waals surface area (Å²) in [7, 11) is 1.71. The number of H-pyrrole nitrogens is 1. The van der Waals surface area contributed by atoms with Gasteiger partial charge in [0.1, 0.15) is 5.82 Å². The molecule has 5 nitrogen and oxygen atoms in total. The third-order valence-electron chi connectivity index (χ3n) is 2.52. The summed E-state index contributed by atoms with van der Waals surface area (Å²) in [6.07, 6.45) is 0. The Bertz CT molecular complexity index is 498. The molecule has 2 aromatic rings. The van der Waals surface area contributed by atoms with Crippen LogP contribution in [0.15, 0.2) is 34.3 Å². The van der Waals surface area contributed by atoms with Gasteiger partial charge in [0.2, 0.25) is 5.16 Å². The second-order valence-corrected chi connectivity index (χ2v) is 5.16. The molecule has 0 saturated carbocycles. The van der Waals surface area contributed by atoms with Crippen LogP contribution in [0.5, 0.6) is 0 Å². The molecule has 0 aliphatic rings. The Hall–Kier alpha value is -1.37. The molecule has 1 aromatic carbocycles. The van der Waals surface area contributed by atoms with Crippen molar-refractivity contribution in [3.05, 3.63) is 35.7 Å². The van der Waals surface area contributed by atoms with Crippen molar-refractivity contribution in [3.8, 4) is 0 Å². The molecule has 0 amide bonds. The van der Waals surface area contributed by atoms with Gasteiger partial charge in [-0.3, -0.25) is 5.10 Å². The Morgan fingerprint density at radius 2 is 2.11 bits per heavy atom. The lowest BCUT2D eigenvalue weighted by Gasteiger charge is -2.05. The maximum absolute atomic E-state index is 4.98. The van der Waals surface area contributed by atoms with Gasteiger partial charge in [0.05, 0.1) is 6.61 Å². The predicted octanol–water partition coefficient (Wildman–Crippen LogP) is 2.00. The molecule has 0 fully saturated rings. The molecule has 1 aromatic heterocycles. The SMILES string of the molecule is COCCNCc1ccc(Sc2n[nH]c(C)n2)cc1. The lowest BCUT2D eigenvalue weighted by molar-refractivity contribution is 0.199. The molecule has 0 unspecified atom stereocenters. The predicted molar refractivity (Wildman–Crippen MR) is 75.3 cm³/mol. The van der Waals surface area contributed by atoms with E-state index in [2.05, 4.69) is 44.8 Å². The minimum Gasteiger partial charge on any atom is -0.383 e. The molecule has 2 N–H and O–H groups in total. The van der Waals surface area contributed by atoms with E-state index in [0.717, 1.165) is 35.6 Å². The average Bonchev–Trinajstić information content (AvgIpc) is 2.82. The maximum atomic E-state index is 4.98. The maximum Gasteiger partial charge on any atom is 0.213 e. The first-order valence-corrected chi connectivity index (χ1v) is 6.95. The zero-order chi connectivity index (χ0) is 13.5. The van der Waals surface area contributed by atoms with E-state index in [0.29, 0.717) is 0 Å². The van der Waals surface area contributed by atoms with Crippen LogP contribution in [0.2, 0.25) is 0 Å².